The fourth-order valence-electron chi connectivity index (χ4n) is 2.75. The van der Waals surface area contributed by atoms with E-state index < -0.39 is 0 Å². The monoisotopic (exact) mass is 233 g/mol. The molecule has 4 heteroatoms. The lowest BCUT2D eigenvalue weighted by Crippen LogP contribution is -2.38. The van der Waals surface area contributed by atoms with Gasteiger partial charge in [0.25, 0.3) is 0 Å². The van der Waals surface area contributed by atoms with Crippen molar-refractivity contribution >= 4 is 18.4 Å². The van der Waals surface area contributed by atoms with Crippen LogP contribution in [0.5, 0.6) is 0 Å². The predicted molar refractivity (Wildman–Crippen MR) is 61.2 cm³/mol. The van der Waals surface area contributed by atoms with Crippen LogP contribution in [-0.4, -0.2) is 24.7 Å². The quantitative estimate of drug-likeness (QED) is 0.741. The van der Waals surface area contributed by atoms with Gasteiger partial charge in [0.1, 0.15) is 6.04 Å². The molecule has 1 saturated carbocycles. The van der Waals surface area contributed by atoms with Crippen molar-refractivity contribution < 1.29 is 9.53 Å². The first kappa shape index (κ1) is 12.8. The summed E-state index contributed by atoms with van der Waals surface area (Å²) >= 11 is 0. The minimum Gasteiger partial charge on any atom is -0.465 e. The van der Waals surface area contributed by atoms with E-state index in [0.717, 1.165) is 12.3 Å². The smallest absolute Gasteiger partial charge is 0.323 e. The fourth-order valence-corrected chi connectivity index (χ4v) is 2.75. The van der Waals surface area contributed by atoms with Crippen molar-refractivity contribution in [1.29, 1.82) is 0 Å². The number of hydrogen-bond acceptors (Lipinski definition) is 3. The number of ether oxygens (including phenoxy) is 1. The van der Waals surface area contributed by atoms with Crippen LogP contribution in [0.2, 0.25) is 0 Å². The van der Waals surface area contributed by atoms with Crippen molar-refractivity contribution in [3.05, 3.63) is 0 Å². The lowest BCUT2D eigenvalue weighted by Gasteiger charge is -2.24. The molecule has 15 heavy (non-hydrogen) atoms. The number of fused-ring (bicyclic) bond motifs is 1. The molecule has 0 radical (unpaired) electrons. The molecule has 1 heterocycles. The maximum Gasteiger partial charge on any atom is 0.323 e. The van der Waals surface area contributed by atoms with Crippen molar-refractivity contribution in [1.82, 2.24) is 5.32 Å². The van der Waals surface area contributed by atoms with Crippen molar-refractivity contribution in [2.75, 3.05) is 6.61 Å². The standard InChI is InChI=1S/C11H19NO2.ClH/c1-2-14-11(13)10-7-8-5-3-4-6-9(8)12-10;/h8-10,12H,2-7H2,1H3;1H/t8?,9?,10-;/m0./s1. The molecule has 3 nitrogen and oxygen atoms in total. The molecule has 0 bridgehead atoms. The number of esters is 1. The number of carbonyl (C=O) groups excluding carboxylic acids is 1. The second-order valence-electron chi connectivity index (χ2n) is 4.36. The molecule has 3 atom stereocenters. The molecule has 0 aromatic rings. The first-order valence-electron chi connectivity index (χ1n) is 5.74. The first-order chi connectivity index (χ1) is 6.81. The molecule has 1 aliphatic carbocycles. The van der Waals surface area contributed by atoms with E-state index in [-0.39, 0.29) is 24.4 Å². The molecule has 88 valence electrons. The molecule has 0 aromatic carbocycles. The topological polar surface area (TPSA) is 38.3 Å². The van der Waals surface area contributed by atoms with Crippen LogP contribution in [0.1, 0.15) is 39.0 Å². The fraction of sp³-hybridized carbons (Fsp3) is 0.909. The summed E-state index contributed by atoms with van der Waals surface area (Å²) < 4.78 is 5.03. The maximum atomic E-state index is 11.5. The highest BCUT2D eigenvalue weighted by Gasteiger charge is 2.38. The van der Waals surface area contributed by atoms with Crippen LogP contribution in [0.15, 0.2) is 0 Å². The van der Waals surface area contributed by atoms with Gasteiger partial charge in [0.2, 0.25) is 0 Å². The minimum absolute atomic E-state index is 0. The van der Waals surface area contributed by atoms with Gasteiger partial charge in [-0.1, -0.05) is 12.8 Å². The van der Waals surface area contributed by atoms with Crippen molar-refractivity contribution in [3.63, 3.8) is 0 Å². The Morgan fingerprint density at radius 2 is 2.13 bits per heavy atom. The summed E-state index contributed by atoms with van der Waals surface area (Å²) in [6, 6.07) is 0.557. The van der Waals surface area contributed by atoms with Gasteiger partial charge in [0, 0.05) is 6.04 Å². The van der Waals surface area contributed by atoms with Crippen LogP contribution in [-0.2, 0) is 9.53 Å². The minimum atomic E-state index is -0.0538. The molecule has 2 unspecified atom stereocenters. The van der Waals surface area contributed by atoms with Crippen LogP contribution in [0, 0.1) is 5.92 Å². The van der Waals surface area contributed by atoms with Crippen molar-refractivity contribution in [2.24, 2.45) is 5.92 Å². The van der Waals surface area contributed by atoms with Crippen LogP contribution in [0.25, 0.3) is 0 Å². The molecule has 1 saturated heterocycles. The van der Waals surface area contributed by atoms with Crippen molar-refractivity contribution in [2.45, 2.75) is 51.1 Å². The second kappa shape index (κ2) is 5.71. The third kappa shape index (κ3) is 2.85. The number of carbonyl (C=O) groups is 1. The van der Waals surface area contributed by atoms with E-state index in [0.29, 0.717) is 12.6 Å². The van der Waals surface area contributed by atoms with Crippen LogP contribution in [0.3, 0.4) is 0 Å². The number of hydrogen-bond donors (Lipinski definition) is 1. The van der Waals surface area contributed by atoms with E-state index in [1.54, 1.807) is 0 Å². The van der Waals surface area contributed by atoms with E-state index in [2.05, 4.69) is 5.32 Å². The van der Waals surface area contributed by atoms with Gasteiger partial charge in [-0.25, -0.2) is 0 Å². The average molecular weight is 234 g/mol. The van der Waals surface area contributed by atoms with Gasteiger partial charge in [0.05, 0.1) is 6.61 Å². The lowest BCUT2D eigenvalue weighted by atomic mass is 9.85. The molecule has 2 rings (SSSR count). The highest BCUT2D eigenvalue weighted by Crippen LogP contribution is 2.33. The summed E-state index contributed by atoms with van der Waals surface area (Å²) in [5.74, 6) is 0.667. The first-order valence-corrected chi connectivity index (χ1v) is 5.74. The summed E-state index contributed by atoms with van der Waals surface area (Å²) in [4.78, 5) is 11.5. The summed E-state index contributed by atoms with van der Waals surface area (Å²) in [6.45, 7) is 2.35. The SMILES string of the molecule is CCOC(=O)[C@@H]1CC2CCCCC2N1.Cl. The second-order valence-corrected chi connectivity index (χ2v) is 4.36. The van der Waals surface area contributed by atoms with Crippen LogP contribution in [0.4, 0.5) is 0 Å². The molecular formula is C11H20ClNO2. The molecule has 1 N–H and O–H groups in total. The van der Waals surface area contributed by atoms with Gasteiger partial charge in [-0.15, -0.1) is 12.4 Å². The zero-order valence-corrected chi connectivity index (χ0v) is 10.0. The van der Waals surface area contributed by atoms with Crippen LogP contribution >= 0.6 is 12.4 Å². The van der Waals surface area contributed by atoms with Crippen molar-refractivity contribution in [3.8, 4) is 0 Å². The summed E-state index contributed by atoms with van der Waals surface area (Å²) in [5, 5.41) is 3.40. The Labute approximate surface area is 97.4 Å². The summed E-state index contributed by atoms with van der Waals surface area (Å²) in [6.07, 6.45) is 6.15. The van der Waals surface area contributed by atoms with Gasteiger partial charge in [-0.3, -0.25) is 4.79 Å². The Balaban J connectivity index is 0.00000112. The zero-order valence-electron chi connectivity index (χ0n) is 9.20. The van der Waals surface area contributed by atoms with E-state index in [1.807, 2.05) is 6.92 Å². The molecule has 0 spiro atoms. The van der Waals surface area contributed by atoms with Crippen LogP contribution < -0.4 is 5.32 Å². The Bertz CT molecular complexity index is 209. The molecule has 0 amide bonds. The number of halogens is 1. The Hall–Kier alpha value is -0.280. The Kier molecular flexibility index (Phi) is 4.87. The van der Waals surface area contributed by atoms with E-state index in [4.69, 9.17) is 4.74 Å². The van der Waals surface area contributed by atoms with Gasteiger partial charge >= 0.3 is 5.97 Å². The van der Waals surface area contributed by atoms with Gasteiger partial charge < -0.3 is 10.1 Å². The molecule has 1 aliphatic heterocycles. The third-order valence-electron chi connectivity index (χ3n) is 3.43. The molecule has 2 aliphatic rings. The molecule has 0 aromatic heterocycles. The number of rotatable bonds is 2. The van der Waals surface area contributed by atoms with Gasteiger partial charge in [-0.2, -0.15) is 0 Å². The Morgan fingerprint density at radius 3 is 2.80 bits per heavy atom. The predicted octanol–water partition coefficient (Wildman–Crippen LogP) is 1.89. The third-order valence-corrected chi connectivity index (χ3v) is 3.43. The largest absolute Gasteiger partial charge is 0.465 e. The van der Waals surface area contributed by atoms with E-state index in [9.17, 15) is 4.79 Å². The van der Waals surface area contributed by atoms with Gasteiger partial charge in [-0.05, 0) is 32.1 Å². The highest BCUT2D eigenvalue weighted by molar-refractivity contribution is 5.85. The van der Waals surface area contributed by atoms with Gasteiger partial charge in [0.15, 0.2) is 0 Å². The van der Waals surface area contributed by atoms with E-state index >= 15 is 0 Å². The lowest BCUT2D eigenvalue weighted by molar-refractivity contribution is -0.145. The Morgan fingerprint density at radius 1 is 1.40 bits per heavy atom. The summed E-state index contributed by atoms with van der Waals surface area (Å²) in [5.41, 5.74) is 0. The average Bonchev–Trinajstić information content (AvgIpc) is 2.61. The highest BCUT2D eigenvalue weighted by atomic mass is 35.5. The summed E-state index contributed by atoms with van der Waals surface area (Å²) in [7, 11) is 0. The molecular weight excluding hydrogens is 214 g/mol. The maximum absolute atomic E-state index is 11.5. The zero-order chi connectivity index (χ0) is 9.97. The number of nitrogens with one attached hydrogen (secondary N) is 1. The molecule has 2 fully saturated rings. The van der Waals surface area contributed by atoms with E-state index in [1.165, 1.54) is 25.7 Å². The normalized spacial score (nSPS) is 34.1.